The predicted octanol–water partition coefficient (Wildman–Crippen LogP) is 5.84. The van der Waals surface area contributed by atoms with Crippen LogP contribution in [-0.2, 0) is 6.54 Å². The summed E-state index contributed by atoms with van der Waals surface area (Å²) in [6, 6.07) is 9.20. The van der Waals surface area contributed by atoms with Gasteiger partial charge in [-0.1, -0.05) is 32.4 Å². The van der Waals surface area contributed by atoms with Gasteiger partial charge in [-0.2, -0.15) is 0 Å². The second-order valence-corrected chi connectivity index (χ2v) is 9.20. The molecule has 2 aromatic carbocycles. The van der Waals surface area contributed by atoms with Gasteiger partial charge in [-0.15, -0.1) is 0 Å². The lowest BCUT2D eigenvalue weighted by molar-refractivity contribution is 0.168. The van der Waals surface area contributed by atoms with Crippen LogP contribution in [0, 0.1) is 11.7 Å². The highest BCUT2D eigenvalue weighted by Gasteiger charge is 2.22. The second-order valence-electron chi connectivity index (χ2n) is 8.80. The zero-order valence-corrected chi connectivity index (χ0v) is 19.5. The number of benzene rings is 2. The third kappa shape index (κ3) is 4.81. The molecule has 1 saturated heterocycles. The quantitative estimate of drug-likeness (QED) is 0.466. The minimum absolute atomic E-state index is 0.0528. The van der Waals surface area contributed by atoms with Crippen molar-refractivity contribution in [2.45, 2.75) is 46.1 Å². The molecule has 0 saturated carbocycles. The molecule has 32 heavy (non-hydrogen) atoms. The van der Waals surface area contributed by atoms with Crippen LogP contribution in [0.1, 0.15) is 45.4 Å². The van der Waals surface area contributed by atoms with Gasteiger partial charge in [0.25, 0.3) is 5.56 Å². The van der Waals surface area contributed by atoms with Crippen LogP contribution in [0.2, 0.25) is 5.02 Å². The standard InChI is InChI=1S/C25H29ClFN3O2/c1-4-29-11-5-6-17(14-29)15-30-24(16(2)3)28-22-9-8-19(13-20(22)25(30)31)32-23-10-7-18(27)12-21(23)26/h7-10,12-13,16-17H,4-6,11,14-15H2,1-3H3/t17-/m0/s1. The summed E-state index contributed by atoms with van der Waals surface area (Å²) < 4.78 is 21.0. The van der Waals surface area contributed by atoms with Gasteiger partial charge in [-0.05, 0) is 68.2 Å². The first kappa shape index (κ1) is 22.7. The Hall–Kier alpha value is -2.44. The molecular formula is C25H29ClFN3O2. The van der Waals surface area contributed by atoms with E-state index in [2.05, 4.69) is 25.7 Å². The normalized spacial score (nSPS) is 17.2. The summed E-state index contributed by atoms with van der Waals surface area (Å²) in [5.74, 6) is 1.73. The molecule has 2 heterocycles. The number of hydrogen-bond acceptors (Lipinski definition) is 4. The van der Waals surface area contributed by atoms with Gasteiger partial charge < -0.3 is 9.64 Å². The Bertz CT molecular complexity index is 1180. The average Bonchev–Trinajstić information content (AvgIpc) is 2.77. The number of aromatic nitrogens is 2. The van der Waals surface area contributed by atoms with Crippen molar-refractivity contribution >= 4 is 22.5 Å². The molecule has 1 atom stereocenters. The van der Waals surface area contributed by atoms with Gasteiger partial charge in [0.2, 0.25) is 0 Å². The van der Waals surface area contributed by atoms with Crippen LogP contribution in [0.4, 0.5) is 4.39 Å². The molecule has 0 spiro atoms. The third-order valence-electron chi connectivity index (χ3n) is 6.08. The van der Waals surface area contributed by atoms with Crippen molar-refractivity contribution < 1.29 is 9.13 Å². The fraction of sp³-hybridized carbons (Fsp3) is 0.440. The van der Waals surface area contributed by atoms with E-state index in [0.717, 1.165) is 38.3 Å². The summed E-state index contributed by atoms with van der Waals surface area (Å²) in [6.45, 7) is 10.1. The average molecular weight is 458 g/mol. The van der Waals surface area contributed by atoms with Crippen molar-refractivity contribution in [1.29, 1.82) is 0 Å². The highest BCUT2D eigenvalue weighted by atomic mass is 35.5. The second kappa shape index (κ2) is 9.59. The van der Waals surface area contributed by atoms with Crippen LogP contribution in [0.15, 0.2) is 41.2 Å². The maximum Gasteiger partial charge on any atom is 0.261 e. The molecule has 1 aromatic heterocycles. The molecule has 0 N–H and O–H groups in total. The summed E-state index contributed by atoms with van der Waals surface area (Å²) >= 11 is 6.09. The molecular weight excluding hydrogens is 429 g/mol. The Kier molecular flexibility index (Phi) is 6.82. The number of rotatable bonds is 6. The molecule has 0 radical (unpaired) electrons. The lowest BCUT2D eigenvalue weighted by Crippen LogP contribution is -2.39. The summed E-state index contributed by atoms with van der Waals surface area (Å²) in [4.78, 5) is 20.9. The molecule has 1 fully saturated rings. The molecule has 170 valence electrons. The monoisotopic (exact) mass is 457 g/mol. The molecule has 0 aliphatic carbocycles. The minimum atomic E-state index is -0.432. The van der Waals surface area contributed by atoms with Gasteiger partial charge >= 0.3 is 0 Å². The first-order chi connectivity index (χ1) is 15.4. The van der Waals surface area contributed by atoms with Gasteiger partial charge in [0, 0.05) is 19.0 Å². The van der Waals surface area contributed by atoms with Crippen LogP contribution in [-0.4, -0.2) is 34.1 Å². The number of fused-ring (bicyclic) bond motifs is 1. The van der Waals surface area contributed by atoms with Crippen LogP contribution < -0.4 is 10.3 Å². The number of nitrogens with zero attached hydrogens (tertiary/aromatic N) is 3. The maximum absolute atomic E-state index is 13.6. The van der Waals surface area contributed by atoms with Crippen LogP contribution >= 0.6 is 11.6 Å². The zero-order chi connectivity index (χ0) is 22.8. The Balaban J connectivity index is 1.71. The van der Waals surface area contributed by atoms with E-state index in [4.69, 9.17) is 21.3 Å². The van der Waals surface area contributed by atoms with E-state index in [-0.39, 0.29) is 16.5 Å². The molecule has 4 rings (SSSR count). The molecule has 3 aromatic rings. The Morgan fingerprint density at radius 1 is 1.25 bits per heavy atom. The van der Waals surface area contributed by atoms with Crippen LogP contribution in [0.25, 0.3) is 10.9 Å². The summed E-state index contributed by atoms with van der Waals surface area (Å²) in [7, 11) is 0. The van der Waals surface area contributed by atoms with E-state index in [9.17, 15) is 9.18 Å². The summed E-state index contributed by atoms with van der Waals surface area (Å²) in [6.07, 6.45) is 2.27. The van der Waals surface area contributed by atoms with Gasteiger partial charge in [-0.25, -0.2) is 9.37 Å². The largest absolute Gasteiger partial charge is 0.456 e. The fourth-order valence-corrected chi connectivity index (χ4v) is 4.63. The van der Waals surface area contributed by atoms with Crippen molar-refractivity contribution in [2.75, 3.05) is 19.6 Å². The van der Waals surface area contributed by atoms with Gasteiger partial charge in [0.15, 0.2) is 0 Å². The molecule has 0 amide bonds. The van der Waals surface area contributed by atoms with E-state index >= 15 is 0 Å². The van der Waals surface area contributed by atoms with Gasteiger partial charge in [-0.3, -0.25) is 9.36 Å². The molecule has 5 nitrogen and oxygen atoms in total. The minimum Gasteiger partial charge on any atom is -0.456 e. The topological polar surface area (TPSA) is 47.4 Å². The molecule has 7 heteroatoms. The first-order valence-corrected chi connectivity index (χ1v) is 11.6. The number of likely N-dealkylation sites (tertiary alicyclic amines) is 1. The smallest absolute Gasteiger partial charge is 0.261 e. The zero-order valence-electron chi connectivity index (χ0n) is 18.8. The number of piperidine rings is 1. The van der Waals surface area contributed by atoms with Gasteiger partial charge in [0.05, 0.1) is 15.9 Å². The van der Waals surface area contributed by atoms with E-state index in [0.29, 0.717) is 34.9 Å². The van der Waals surface area contributed by atoms with Crippen molar-refractivity contribution in [3.63, 3.8) is 0 Å². The summed E-state index contributed by atoms with van der Waals surface area (Å²) in [5.41, 5.74) is 0.592. The Morgan fingerprint density at radius 3 is 2.78 bits per heavy atom. The Morgan fingerprint density at radius 2 is 2.06 bits per heavy atom. The van der Waals surface area contributed by atoms with E-state index in [1.54, 1.807) is 18.2 Å². The van der Waals surface area contributed by atoms with E-state index in [1.807, 2.05) is 4.57 Å². The SMILES string of the molecule is CCN1CCC[C@H](Cn2c(C(C)C)nc3ccc(Oc4ccc(F)cc4Cl)cc3c2=O)C1. The summed E-state index contributed by atoms with van der Waals surface area (Å²) in [5, 5.41) is 0.682. The number of ether oxygens (including phenoxy) is 1. The van der Waals surface area contributed by atoms with Crippen LogP contribution in [0.3, 0.4) is 0 Å². The highest BCUT2D eigenvalue weighted by Crippen LogP contribution is 2.31. The lowest BCUT2D eigenvalue weighted by atomic mass is 9.97. The van der Waals surface area contributed by atoms with Crippen LogP contribution in [0.5, 0.6) is 11.5 Å². The van der Waals surface area contributed by atoms with Gasteiger partial charge in [0.1, 0.15) is 23.1 Å². The van der Waals surface area contributed by atoms with Crippen molar-refractivity contribution in [1.82, 2.24) is 14.5 Å². The first-order valence-electron chi connectivity index (χ1n) is 11.3. The maximum atomic E-state index is 13.6. The fourth-order valence-electron chi connectivity index (χ4n) is 4.43. The third-order valence-corrected chi connectivity index (χ3v) is 6.38. The molecule has 1 aliphatic rings. The Labute approximate surface area is 192 Å². The van der Waals surface area contributed by atoms with E-state index in [1.165, 1.54) is 18.2 Å². The molecule has 1 aliphatic heterocycles. The van der Waals surface area contributed by atoms with E-state index < -0.39 is 5.82 Å². The van der Waals surface area contributed by atoms with Crippen molar-refractivity contribution in [3.05, 3.63) is 63.4 Å². The number of hydrogen-bond donors (Lipinski definition) is 0. The predicted molar refractivity (Wildman–Crippen MR) is 126 cm³/mol. The number of halogens is 2. The van der Waals surface area contributed by atoms with Crippen molar-refractivity contribution in [2.24, 2.45) is 5.92 Å². The molecule has 0 bridgehead atoms. The lowest BCUT2D eigenvalue weighted by Gasteiger charge is -2.32. The van der Waals surface area contributed by atoms with Crippen molar-refractivity contribution in [3.8, 4) is 11.5 Å². The highest BCUT2D eigenvalue weighted by molar-refractivity contribution is 6.32. The molecule has 0 unspecified atom stereocenters.